The molecule has 1 aliphatic rings. The van der Waals surface area contributed by atoms with E-state index in [0.29, 0.717) is 0 Å². The summed E-state index contributed by atoms with van der Waals surface area (Å²) >= 11 is 0. The molecular weight excluding hydrogens is 308 g/mol. The number of rotatable bonds is 2. The van der Waals surface area contributed by atoms with E-state index in [0.717, 1.165) is 11.4 Å². The SMILES string of the molecule is Cc1nnc(C)c2c(C)n(-c3ccc(N4CCCCC4)cc3)c(C)c12. The van der Waals surface area contributed by atoms with Crippen molar-refractivity contribution in [3.63, 3.8) is 0 Å². The molecule has 3 aromatic rings. The minimum absolute atomic E-state index is 1.00. The number of anilines is 1. The van der Waals surface area contributed by atoms with Gasteiger partial charge in [0.2, 0.25) is 0 Å². The molecule has 0 N–H and O–H groups in total. The highest BCUT2D eigenvalue weighted by Gasteiger charge is 2.18. The van der Waals surface area contributed by atoms with E-state index >= 15 is 0 Å². The Kier molecular flexibility index (Phi) is 3.98. The lowest BCUT2D eigenvalue weighted by molar-refractivity contribution is 0.578. The fraction of sp³-hybridized carbons (Fsp3) is 0.429. The molecule has 0 radical (unpaired) electrons. The first-order chi connectivity index (χ1) is 12.1. The first-order valence-corrected chi connectivity index (χ1v) is 9.25. The summed E-state index contributed by atoms with van der Waals surface area (Å²) in [5.41, 5.74) is 7.05. The lowest BCUT2D eigenvalue weighted by atomic mass is 10.1. The molecule has 4 nitrogen and oxygen atoms in total. The van der Waals surface area contributed by atoms with Crippen LogP contribution in [-0.4, -0.2) is 27.9 Å². The van der Waals surface area contributed by atoms with E-state index in [9.17, 15) is 0 Å². The van der Waals surface area contributed by atoms with Crippen LogP contribution in [0.1, 0.15) is 42.0 Å². The summed E-state index contributed by atoms with van der Waals surface area (Å²) in [5.74, 6) is 0. The van der Waals surface area contributed by atoms with E-state index in [2.05, 4.69) is 57.8 Å². The third kappa shape index (κ3) is 2.60. The van der Waals surface area contributed by atoms with E-state index in [1.165, 1.54) is 65.9 Å². The van der Waals surface area contributed by atoms with Crippen LogP contribution in [-0.2, 0) is 0 Å². The number of nitrogens with zero attached hydrogens (tertiary/aromatic N) is 4. The fourth-order valence-corrected chi connectivity index (χ4v) is 4.32. The van der Waals surface area contributed by atoms with Crippen molar-refractivity contribution in [1.82, 2.24) is 14.8 Å². The number of piperidine rings is 1. The van der Waals surface area contributed by atoms with Crippen molar-refractivity contribution in [3.8, 4) is 5.69 Å². The summed E-state index contributed by atoms with van der Waals surface area (Å²) in [5, 5.41) is 11.1. The Morgan fingerprint density at radius 2 is 1.16 bits per heavy atom. The van der Waals surface area contributed by atoms with Crippen LogP contribution in [0.5, 0.6) is 0 Å². The predicted molar refractivity (Wildman–Crippen MR) is 104 cm³/mol. The molecule has 1 saturated heterocycles. The predicted octanol–water partition coefficient (Wildman–Crippen LogP) is 4.64. The van der Waals surface area contributed by atoms with Gasteiger partial charge in [0.25, 0.3) is 0 Å². The number of benzene rings is 1. The van der Waals surface area contributed by atoms with Crippen molar-refractivity contribution in [2.45, 2.75) is 47.0 Å². The molecular formula is C21H26N4. The minimum Gasteiger partial charge on any atom is -0.372 e. The van der Waals surface area contributed by atoms with Gasteiger partial charge in [-0.2, -0.15) is 10.2 Å². The zero-order valence-corrected chi connectivity index (χ0v) is 15.6. The molecule has 0 atom stereocenters. The van der Waals surface area contributed by atoms with Gasteiger partial charge in [0, 0.05) is 46.6 Å². The minimum atomic E-state index is 1.00. The number of aromatic nitrogens is 3. The summed E-state index contributed by atoms with van der Waals surface area (Å²) in [6.45, 7) is 10.8. The van der Waals surface area contributed by atoms with Gasteiger partial charge in [-0.15, -0.1) is 0 Å². The maximum atomic E-state index is 4.32. The molecule has 4 heteroatoms. The molecule has 0 bridgehead atoms. The normalized spacial score (nSPS) is 15.1. The van der Waals surface area contributed by atoms with Gasteiger partial charge in [-0.1, -0.05) is 0 Å². The molecule has 1 aliphatic heterocycles. The second-order valence-corrected chi connectivity index (χ2v) is 7.19. The van der Waals surface area contributed by atoms with Gasteiger partial charge < -0.3 is 9.47 Å². The van der Waals surface area contributed by atoms with Crippen LogP contribution in [0.25, 0.3) is 16.5 Å². The summed E-state index contributed by atoms with van der Waals surface area (Å²) in [7, 11) is 0. The maximum absolute atomic E-state index is 4.32. The molecule has 0 amide bonds. The van der Waals surface area contributed by atoms with Crippen molar-refractivity contribution in [1.29, 1.82) is 0 Å². The fourth-order valence-electron chi connectivity index (χ4n) is 4.32. The zero-order valence-electron chi connectivity index (χ0n) is 15.6. The standard InChI is InChI=1S/C21H26N4/c1-14-20-16(3)25(17(4)21(20)15(2)23-22-14)19-10-8-18(9-11-19)24-12-6-5-7-13-24/h8-11H,5-7,12-13H2,1-4H3. The van der Waals surface area contributed by atoms with Gasteiger partial charge in [-0.25, -0.2) is 0 Å². The Hall–Kier alpha value is -2.36. The summed E-state index contributed by atoms with van der Waals surface area (Å²) in [6, 6.07) is 9.02. The molecule has 1 fully saturated rings. The Morgan fingerprint density at radius 3 is 1.68 bits per heavy atom. The molecule has 0 aliphatic carbocycles. The molecule has 0 spiro atoms. The lowest BCUT2D eigenvalue weighted by Gasteiger charge is -2.29. The van der Waals surface area contributed by atoms with Gasteiger partial charge in [0.15, 0.2) is 0 Å². The highest BCUT2D eigenvalue weighted by atomic mass is 15.1. The number of hydrogen-bond acceptors (Lipinski definition) is 3. The van der Waals surface area contributed by atoms with Crippen LogP contribution in [0.3, 0.4) is 0 Å². The second kappa shape index (κ2) is 6.17. The Morgan fingerprint density at radius 1 is 0.680 bits per heavy atom. The third-order valence-corrected chi connectivity index (χ3v) is 5.55. The largest absolute Gasteiger partial charge is 0.372 e. The number of hydrogen-bond donors (Lipinski definition) is 0. The van der Waals surface area contributed by atoms with Crippen LogP contribution in [0, 0.1) is 27.7 Å². The first-order valence-electron chi connectivity index (χ1n) is 9.25. The van der Waals surface area contributed by atoms with Crippen LogP contribution in [0.15, 0.2) is 24.3 Å². The molecule has 25 heavy (non-hydrogen) atoms. The first kappa shape index (κ1) is 16.1. The van der Waals surface area contributed by atoms with Gasteiger partial charge in [0.05, 0.1) is 11.4 Å². The van der Waals surface area contributed by atoms with E-state index in [-0.39, 0.29) is 0 Å². The van der Waals surface area contributed by atoms with E-state index in [4.69, 9.17) is 0 Å². The quantitative estimate of drug-likeness (QED) is 0.684. The summed E-state index contributed by atoms with van der Waals surface area (Å²) in [6.07, 6.45) is 3.98. The zero-order chi connectivity index (χ0) is 17.6. The monoisotopic (exact) mass is 334 g/mol. The molecule has 0 unspecified atom stereocenters. The lowest BCUT2D eigenvalue weighted by Crippen LogP contribution is -2.29. The van der Waals surface area contributed by atoms with Crippen LogP contribution in [0.2, 0.25) is 0 Å². The van der Waals surface area contributed by atoms with E-state index < -0.39 is 0 Å². The van der Waals surface area contributed by atoms with Crippen LogP contribution in [0.4, 0.5) is 5.69 Å². The molecule has 1 aromatic carbocycles. The molecule has 4 rings (SSSR count). The summed E-state index contributed by atoms with van der Waals surface area (Å²) in [4.78, 5) is 2.50. The highest BCUT2D eigenvalue weighted by molar-refractivity contribution is 5.92. The maximum Gasteiger partial charge on any atom is 0.0696 e. The van der Waals surface area contributed by atoms with Crippen molar-refractivity contribution in [2.24, 2.45) is 0 Å². The average Bonchev–Trinajstić information content (AvgIpc) is 2.91. The Labute approximate surface area is 149 Å². The van der Waals surface area contributed by atoms with Gasteiger partial charge in [-0.3, -0.25) is 0 Å². The van der Waals surface area contributed by atoms with E-state index in [1.807, 2.05) is 13.8 Å². The van der Waals surface area contributed by atoms with Crippen molar-refractivity contribution < 1.29 is 0 Å². The van der Waals surface area contributed by atoms with Gasteiger partial charge in [-0.05, 0) is 71.2 Å². The highest BCUT2D eigenvalue weighted by Crippen LogP contribution is 2.32. The molecule has 2 aromatic heterocycles. The van der Waals surface area contributed by atoms with Gasteiger partial charge in [0.1, 0.15) is 0 Å². The van der Waals surface area contributed by atoms with Crippen LogP contribution >= 0.6 is 0 Å². The Balaban J connectivity index is 1.79. The Bertz CT molecular complexity index is 870. The second-order valence-electron chi connectivity index (χ2n) is 7.19. The molecule has 3 heterocycles. The molecule has 0 saturated carbocycles. The van der Waals surface area contributed by atoms with Crippen molar-refractivity contribution >= 4 is 16.5 Å². The third-order valence-electron chi connectivity index (χ3n) is 5.55. The van der Waals surface area contributed by atoms with Gasteiger partial charge >= 0.3 is 0 Å². The van der Waals surface area contributed by atoms with Crippen molar-refractivity contribution in [3.05, 3.63) is 47.0 Å². The van der Waals surface area contributed by atoms with Crippen molar-refractivity contribution in [2.75, 3.05) is 18.0 Å². The number of aryl methyl sites for hydroxylation is 4. The topological polar surface area (TPSA) is 34.0 Å². The molecule has 130 valence electrons. The number of fused-ring (bicyclic) bond motifs is 1. The van der Waals surface area contributed by atoms with E-state index in [1.54, 1.807) is 0 Å². The smallest absolute Gasteiger partial charge is 0.0696 e. The summed E-state index contributed by atoms with van der Waals surface area (Å²) < 4.78 is 2.34. The van der Waals surface area contributed by atoms with Crippen LogP contribution < -0.4 is 4.90 Å². The average molecular weight is 334 g/mol.